The summed E-state index contributed by atoms with van der Waals surface area (Å²) in [7, 11) is 0. The summed E-state index contributed by atoms with van der Waals surface area (Å²) in [4.78, 5) is 2.93. The van der Waals surface area contributed by atoms with Crippen molar-refractivity contribution in [3.8, 4) is 11.5 Å². The summed E-state index contributed by atoms with van der Waals surface area (Å²) >= 11 is 6.15. The summed E-state index contributed by atoms with van der Waals surface area (Å²) in [6, 6.07) is 11.1. The second-order valence-electron chi connectivity index (χ2n) is 6.74. The minimum absolute atomic E-state index is 0.199. The van der Waals surface area contributed by atoms with Crippen LogP contribution in [0.15, 0.2) is 36.4 Å². The summed E-state index contributed by atoms with van der Waals surface area (Å²) in [5.74, 6) is 1.47. The molecule has 0 spiro atoms. The molecule has 1 fully saturated rings. The van der Waals surface area contributed by atoms with E-state index in [-0.39, 0.29) is 5.82 Å². The second-order valence-corrected chi connectivity index (χ2v) is 7.15. The van der Waals surface area contributed by atoms with Gasteiger partial charge in [-0.25, -0.2) is 4.39 Å². The Morgan fingerprint density at radius 1 is 0.920 bits per heavy atom. The Bertz CT molecular complexity index is 743. The molecule has 2 heterocycles. The van der Waals surface area contributed by atoms with Gasteiger partial charge in [0.05, 0.1) is 10.6 Å². The van der Waals surface area contributed by atoms with Crippen LogP contribution < -0.4 is 19.3 Å². The van der Waals surface area contributed by atoms with Gasteiger partial charge in [0.15, 0.2) is 11.5 Å². The summed E-state index contributed by atoms with van der Waals surface area (Å²) in [6.07, 6.45) is 0. The van der Waals surface area contributed by atoms with E-state index in [2.05, 4.69) is 12.1 Å². The third-order valence-corrected chi connectivity index (χ3v) is 5.40. The number of hydrogen-bond donors (Lipinski definition) is 2. The highest BCUT2D eigenvalue weighted by atomic mass is 35.5. The third kappa shape index (κ3) is 3.73. The first-order valence-corrected chi connectivity index (χ1v) is 9.05. The van der Waals surface area contributed by atoms with Gasteiger partial charge in [0.2, 0.25) is 6.79 Å². The molecule has 2 N–H and O–H groups in total. The molecular formula is C19H22ClFN2O2+2. The number of quaternary nitrogens is 2. The zero-order chi connectivity index (χ0) is 17.2. The second kappa shape index (κ2) is 7.20. The lowest BCUT2D eigenvalue weighted by Crippen LogP contribution is -3.27. The maximum atomic E-state index is 14.0. The number of hydrogen-bond acceptors (Lipinski definition) is 2. The Balaban J connectivity index is 1.32. The standard InChI is InChI=1S/C19H20ClFN2O2/c20-16-2-1-3-17(21)15(16)12-23-8-6-22(7-9-23)11-14-4-5-18-19(10-14)25-13-24-18/h1-5,10H,6-9,11-13H2/p+2. The lowest BCUT2D eigenvalue weighted by atomic mass is 10.1. The predicted octanol–water partition coefficient (Wildman–Crippen LogP) is 0.691. The van der Waals surface area contributed by atoms with E-state index in [1.807, 2.05) is 6.07 Å². The van der Waals surface area contributed by atoms with E-state index in [1.54, 1.807) is 17.0 Å². The molecule has 4 nitrogen and oxygen atoms in total. The Kier molecular flexibility index (Phi) is 4.79. The van der Waals surface area contributed by atoms with Gasteiger partial charge in [-0.05, 0) is 30.3 Å². The van der Waals surface area contributed by atoms with Gasteiger partial charge < -0.3 is 19.3 Å². The lowest BCUT2D eigenvalue weighted by Gasteiger charge is -2.30. The smallest absolute Gasteiger partial charge is 0.231 e. The molecule has 0 saturated carbocycles. The fourth-order valence-electron chi connectivity index (χ4n) is 3.60. The van der Waals surface area contributed by atoms with Crippen molar-refractivity contribution in [3.63, 3.8) is 0 Å². The summed E-state index contributed by atoms with van der Waals surface area (Å²) in [6.45, 7) is 6.11. The summed E-state index contributed by atoms with van der Waals surface area (Å²) < 4.78 is 24.8. The number of halogens is 2. The van der Waals surface area contributed by atoms with Crippen molar-refractivity contribution in [1.29, 1.82) is 0 Å². The molecule has 0 aromatic heterocycles. The molecule has 0 unspecified atom stereocenters. The number of ether oxygens (including phenoxy) is 2. The van der Waals surface area contributed by atoms with Gasteiger partial charge in [-0.15, -0.1) is 0 Å². The van der Waals surface area contributed by atoms with Crippen LogP contribution >= 0.6 is 11.6 Å². The predicted molar refractivity (Wildman–Crippen MR) is 92.8 cm³/mol. The SMILES string of the molecule is Fc1cccc(Cl)c1C[NH+]1CC[NH+](Cc2ccc3c(c2)OCO3)CC1. The van der Waals surface area contributed by atoms with Crippen LogP contribution in [0.1, 0.15) is 11.1 Å². The molecular weight excluding hydrogens is 343 g/mol. The molecule has 2 aromatic carbocycles. The quantitative estimate of drug-likeness (QED) is 0.835. The van der Waals surface area contributed by atoms with E-state index in [0.717, 1.165) is 44.2 Å². The van der Waals surface area contributed by atoms with Gasteiger partial charge in [0.1, 0.15) is 45.1 Å². The van der Waals surface area contributed by atoms with Crippen molar-refractivity contribution in [2.24, 2.45) is 0 Å². The molecule has 0 bridgehead atoms. The average molecular weight is 365 g/mol. The minimum atomic E-state index is -0.199. The van der Waals surface area contributed by atoms with E-state index in [4.69, 9.17) is 21.1 Å². The first kappa shape index (κ1) is 16.6. The van der Waals surface area contributed by atoms with Crippen molar-refractivity contribution in [2.75, 3.05) is 33.0 Å². The van der Waals surface area contributed by atoms with Crippen LogP contribution in [0.2, 0.25) is 5.02 Å². The monoisotopic (exact) mass is 364 g/mol. The number of fused-ring (bicyclic) bond motifs is 1. The third-order valence-electron chi connectivity index (χ3n) is 5.04. The first-order chi connectivity index (χ1) is 12.2. The van der Waals surface area contributed by atoms with E-state index < -0.39 is 0 Å². The van der Waals surface area contributed by atoms with Gasteiger partial charge in [0.25, 0.3) is 0 Å². The van der Waals surface area contributed by atoms with Crippen LogP contribution in [0.3, 0.4) is 0 Å². The Labute approximate surface area is 151 Å². The Morgan fingerprint density at radius 3 is 2.40 bits per heavy atom. The number of nitrogens with one attached hydrogen (secondary N) is 2. The minimum Gasteiger partial charge on any atom is -0.454 e. The normalized spacial score (nSPS) is 22.2. The van der Waals surface area contributed by atoms with Crippen LogP contribution in [0.25, 0.3) is 0 Å². The molecule has 2 aliphatic heterocycles. The highest BCUT2D eigenvalue weighted by molar-refractivity contribution is 6.31. The first-order valence-electron chi connectivity index (χ1n) is 8.67. The maximum Gasteiger partial charge on any atom is 0.231 e. The van der Waals surface area contributed by atoms with Crippen LogP contribution in [0, 0.1) is 5.82 Å². The van der Waals surface area contributed by atoms with Crippen LogP contribution in [-0.2, 0) is 13.1 Å². The molecule has 25 heavy (non-hydrogen) atoms. The Hall–Kier alpha value is -1.82. The molecule has 132 valence electrons. The van der Waals surface area contributed by atoms with Crippen molar-refractivity contribution >= 4 is 11.6 Å². The Morgan fingerprint density at radius 2 is 1.64 bits per heavy atom. The number of benzene rings is 2. The highest BCUT2D eigenvalue weighted by Crippen LogP contribution is 2.32. The molecule has 1 saturated heterocycles. The summed E-state index contributed by atoms with van der Waals surface area (Å²) in [5, 5.41) is 0.530. The van der Waals surface area contributed by atoms with E-state index in [1.165, 1.54) is 16.5 Å². The topological polar surface area (TPSA) is 27.3 Å². The molecule has 4 rings (SSSR count). The lowest BCUT2D eigenvalue weighted by molar-refractivity contribution is -1.02. The van der Waals surface area contributed by atoms with Crippen LogP contribution in [-0.4, -0.2) is 33.0 Å². The molecule has 6 heteroatoms. The van der Waals surface area contributed by atoms with Crippen LogP contribution in [0.5, 0.6) is 11.5 Å². The number of rotatable bonds is 4. The van der Waals surface area contributed by atoms with Crippen molar-refractivity contribution in [2.45, 2.75) is 13.1 Å². The fourth-order valence-corrected chi connectivity index (χ4v) is 3.83. The van der Waals surface area contributed by atoms with Crippen molar-refractivity contribution in [1.82, 2.24) is 0 Å². The van der Waals surface area contributed by atoms with Crippen LogP contribution in [0.4, 0.5) is 4.39 Å². The fraction of sp³-hybridized carbons (Fsp3) is 0.368. The molecule has 0 atom stereocenters. The zero-order valence-electron chi connectivity index (χ0n) is 14.0. The van der Waals surface area contributed by atoms with E-state index in [0.29, 0.717) is 23.9 Å². The molecule has 2 aromatic rings. The number of piperazine rings is 1. The van der Waals surface area contributed by atoms with Gasteiger partial charge in [-0.3, -0.25) is 0 Å². The van der Waals surface area contributed by atoms with E-state index in [9.17, 15) is 4.39 Å². The molecule has 0 aliphatic carbocycles. The van der Waals surface area contributed by atoms with E-state index >= 15 is 0 Å². The van der Waals surface area contributed by atoms with Gasteiger partial charge >= 0.3 is 0 Å². The largest absolute Gasteiger partial charge is 0.454 e. The van der Waals surface area contributed by atoms with Gasteiger partial charge in [-0.2, -0.15) is 0 Å². The average Bonchev–Trinajstić information content (AvgIpc) is 3.07. The summed E-state index contributed by atoms with van der Waals surface area (Å²) in [5.41, 5.74) is 1.90. The molecule has 2 aliphatic rings. The van der Waals surface area contributed by atoms with Gasteiger partial charge in [-0.1, -0.05) is 17.7 Å². The highest BCUT2D eigenvalue weighted by Gasteiger charge is 2.25. The molecule has 0 radical (unpaired) electrons. The molecule has 0 amide bonds. The van der Waals surface area contributed by atoms with Crippen molar-refractivity contribution < 1.29 is 23.7 Å². The van der Waals surface area contributed by atoms with Gasteiger partial charge in [0, 0.05) is 5.56 Å². The zero-order valence-corrected chi connectivity index (χ0v) is 14.7. The van der Waals surface area contributed by atoms with Crippen molar-refractivity contribution in [3.05, 3.63) is 58.4 Å². The maximum absolute atomic E-state index is 14.0.